The van der Waals surface area contributed by atoms with Gasteiger partial charge < -0.3 is 8.83 Å². The first-order chi connectivity index (χ1) is 11.6. The summed E-state index contributed by atoms with van der Waals surface area (Å²) in [4.78, 5) is 36.6. The Balaban J connectivity index is 1.90. The predicted octanol–water partition coefficient (Wildman–Crippen LogP) is 3.13. The summed E-state index contributed by atoms with van der Waals surface area (Å²) < 4.78 is 10.2. The molecule has 116 valence electrons. The van der Waals surface area contributed by atoms with E-state index in [2.05, 4.69) is 0 Å². The smallest absolute Gasteiger partial charge is 0.344 e. The van der Waals surface area contributed by atoms with Crippen LogP contribution in [0.4, 0.5) is 0 Å². The lowest BCUT2D eigenvalue weighted by Gasteiger charge is -2.02. The minimum Gasteiger partial charge on any atom is -0.419 e. The summed E-state index contributed by atoms with van der Waals surface area (Å²) in [5.74, 6) is -0.991. The summed E-state index contributed by atoms with van der Waals surface area (Å²) >= 11 is 0. The fourth-order valence-electron chi connectivity index (χ4n) is 2.61. The highest BCUT2D eigenvalue weighted by molar-refractivity contribution is 6.07. The third-order valence-electron chi connectivity index (χ3n) is 3.79. The van der Waals surface area contributed by atoms with Gasteiger partial charge in [0.2, 0.25) is 0 Å². The van der Waals surface area contributed by atoms with Crippen LogP contribution in [0.2, 0.25) is 0 Å². The molecule has 0 N–H and O–H groups in total. The molecule has 4 aromatic rings. The van der Waals surface area contributed by atoms with Gasteiger partial charge in [0.25, 0.3) is 5.78 Å². The Morgan fingerprint density at radius 2 is 1.08 bits per heavy atom. The summed E-state index contributed by atoms with van der Waals surface area (Å²) in [6, 6.07) is 16.5. The zero-order chi connectivity index (χ0) is 16.7. The van der Waals surface area contributed by atoms with Crippen molar-refractivity contribution in [1.29, 1.82) is 0 Å². The van der Waals surface area contributed by atoms with Crippen LogP contribution in [0, 0.1) is 0 Å². The largest absolute Gasteiger partial charge is 0.419 e. The van der Waals surface area contributed by atoms with Gasteiger partial charge in [-0.1, -0.05) is 36.4 Å². The monoisotopic (exact) mass is 318 g/mol. The highest BCUT2D eigenvalue weighted by Crippen LogP contribution is 2.17. The number of carbonyl (C=O) groups excluding carboxylic acids is 1. The van der Waals surface area contributed by atoms with Crippen LogP contribution in [0.1, 0.15) is 16.3 Å². The van der Waals surface area contributed by atoms with E-state index < -0.39 is 17.0 Å². The van der Waals surface area contributed by atoms with E-state index in [-0.39, 0.29) is 11.5 Å². The molecule has 2 aromatic heterocycles. The van der Waals surface area contributed by atoms with Crippen molar-refractivity contribution in [3.05, 3.63) is 93.0 Å². The van der Waals surface area contributed by atoms with Gasteiger partial charge in [-0.3, -0.25) is 4.79 Å². The summed E-state index contributed by atoms with van der Waals surface area (Å²) in [6.45, 7) is 0. The van der Waals surface area contributed by atoms with Gasteiger partial charge in [-0.2, -0.15) is 0 Å². The van der Waals surface area contributed by atoms with Crippen molar-refractivity contribution in [2.75, 3.05) is 0 Å². The topological polar surface area (TPSA) is 77.5 Å². The van der Waals surface area contributed by atoms with Crippen LogP contribution in [0.5, 0.6) is 0 Å². The SMILES string of the molecule is O=C(c1cc2ccccc2c(=O)o1)c1cc2ccccc2c(=O)o1. The van der Waals surface area contributed by atoms with E-state index in [1.54, 1.807) is 48.5 Å². The van der Waals surface area contributed by atoms with E-state index in [0.717, 1.165) is 0 Å². The predicted molar refractivity (Wildman–Crippen MR) is 88.4 cm³/mol. The van der Waals surface area contributed by atoms with E-state index in [1.807, 2.05) is 0 Å². The van der Waals surface area contributed by atoms with Gasteiger partial charge in [0.15, 0.2) is 11.5 Å². The first-order valence-electron chi connectivity index (χ1n) is 7.24. The van der Waals surface area contributed by atoms with Crippen molar-refractivity contribution in [3.8, 4) is 0 Å². The van der Waals surface area contributed by atoms with Crippen molar-refractivity contribution >= 4 is 27.3 Å². The van der Waals surface area contributed by atoms with Crippen LogP contribution in [0.3, 0.4) is 0 Å². The minimum absolute atomic E-state index is 0.169. The normalized spacial score (nSPS) is 11.0. The molecule has 24 heavy (non-hydrogen) atoms. The van der Waals surface area contributed by atoms with Crippen molar-refractivity contribution in [3.63, 3.8) is 0 Å². The van der Waals surface area contributed by atoms with Crippen molar-refractivity contribution in [2.24, 2.45) is 0 Å². The molecule has 0 aliphatic heterocycles. The quantitative estimate of drug-likeness (QED) is 0.531. The van der Waals surface area contributed by atoms with Crippen molar-refractivity contribution < 1.29 is 13.6 Å². The molecule has 0 bridgehead atoms. The Labute approximate surface area is 134 Å². The molecule has 0 saturated carbocycles. The molecule has 4 rings (SSSR count). The van der Waals surface area contributed by atoms with Gasteiger partial charge in [0.1, 0.15) is 0 Å². The van der Waals surface area contributed by atoms with Crippen LogP contribution in [-0.4, -0.2) is 5.78 Å². The Hall–Kier alpha value is -3.47. The average molecular weight is 318 g/mol. The second kappa shape index (κ2) is 5.31. The highest BCUT2D eigenvalue weighted by atomic mass is 16.4. The Bertz CT molecular complexity index is 1120. The Kier molecular flexibility index (Phi) is 3.13. The number of ketones is 1. The molecular weight excluding hydrogens is 308 g/mol. The molecule has 5 heteroatoms. The molecular formula is C19H10O5. The molecule has 0 aliphatic carbocycles. The first kappa shape index (κ1) is 14.1. The third-order valence-corrected chi connectivity index (χ3v) is 3.79. The molecule has 0 atom stereocenters. The van der Waals surface area contributed by atoms with Crippen molar-refractivity contribution in [2.45, 2.75) is 0 Å². The maximum absolute atomic E-state index is 12.6. The zero-order valence-corrected chi connectivity index (χ0v) is 12.3. The van der Waals surface area contributed by atoms with Crippen LogP contribution in [0.15, 0.2) is 79.1 Å². The van der Waals surface area contributed by atoms with Crippen molar-refractivity contribution in [1.82, 2.24) is 0 Å². The van der Waals surface area contributed by atoms with E-state index in [0.29, 0.717) is 21.5 Å². The summed E-state index contributed by atoms with van der Waals surface area (Å²) in [5.41, 5.74) is -1.22. The summed E-state index contributed by atoms with van der Waals surface area (Å²) in [6.07, 6.45) is 0. The number of rotatable bonds is 2. The lowest BCUT2D eigenvalue weighted by Crippen LogP contribution is -2.11. The number of carbonyl (C=O) groups is 1. The molecule has 0 amide bonds. The molecule has 0 saturated heterocycles. The minimum atomic E-state index is -0.652. The fourth-order valence-corrected chi connectivity index (χ4v) is 2.61. The lowest BCUT2D eigenvalue weighted by atomic mass is 10.1. The molecule has 2 heterocycles. The molecule has 5 nitrogen and oxygen atoms in total. The molecule has 2 aromatic carbocycles. The summed E-state index contributed by atoms with van der Waals surface area (Å²) in [5, 5.41) is 1.93. The van der Waals surface area contributed by atoms with E-state index >= 15 is 0 Å². The second-order valence-electron chi connectivity index (χ2n) is 5.30. The first-order valence-corrected chi connectivity index (χ1v) is 7.24. The Morgan fingerprint density at radius 1 is 0.667 bits per heavy atom. The molecule has 0 radical (unpaired) electrons. The van der Waals surface area contributed by atoms with Gasteiger partial charge in [-0.25, -0.2) is 9.59 Å². The van der Waals surface area contributed by atoms with Gasteiger partial charge >= 0.3 is 11.3 Å². The molecule has 0 unspecified atom stereocenters. The number of benzene rings is 2. The maximum Gasteiger partial charge on any atom is 0.344 e. The van der Waals surface area contributed by atoms with Crippen LogP contribution < -0.4 is 11.3 Å². The van der Waals surface area contributed by atoms with Crippen LogP contribution >= 0.6 is 0 Å². The summed E-state index contributed by atoms with van der Waals surface area (Å²) in [7, 11) is 0. The van der Waals surface area contributed by atoms with Gasteiger partial charge in [-0.15, -0.1) is 0 Å². The third kappa shape index (κ3) is 2.23. The second-order valence-corrected chi connectivity index (χ2v) is 5.30. The van der Waals surface area contributed by atoms with E-state index in [1.165, 1.54) is 12.1 Å². The lowest BCUT2D eigenvalue weighted by molar-refractivity contribution is 0.0976. The zero-order valence-electron chi connectivity index (χ0n) is 12.3. The fraction of sp³-hybridized carbons (Fsp3) is 0. The van der Waals surface area contributed by atoms with Crippen LogP contribution in [-0.2, 0) is 0 Å². The average Bonchev–Trinajstić information content (AvgIpc) is 2.61. The van der Waals surface area contributed by atoms with Crippen LogP contribution in [0.25, 0.3) is 21.5 Å². The molecule has 0 aliphatic rings. The molecule has 0 fully saturated rings. The standard InChI is InChI=1S/C19H10O5/c20-17(15-9-11-5-1-3-7-13(11)18(21)23-15)16-10-12-6-2-4-8-14(12)19(22)24-16/h1-10H. The number of hydrogen-bond donors (Lipinski definition) is 0. The Morgan fingerprint density at radius 3 is 1.54 bits per heavy atom. The maximum atomic E-state index is 12.6. The van der Waals surface area contributed by atoms with Gasteiger partial charge in [0.05, 0.1) is 10.8 Å². The van der Waals surface area contributed by atoms with E-state index in [9.17, 15) is 14.4 Å². The molecule has 0 spiro atoms. The highest BCUT2D eigenvalue weighted by Gasteiger charge is 2.18. The van der Waals surface area contributed by atoms with Gasteiger partial charge in [-0.05, 0) is 35.0 Å². The van der Waals surface area contributed by atoms with Gasteiger partial charge in [0, 0.05) is 0 Å². The number of fused-ring (bicyclic) bond motifs is 2. The number of hydrogen-bond acceptors (Lipinski definition) is 5. The van der Waals surface area contributed by atoms with E-state index in [4.69, 9.17) is 8.83 Å².